The summed E-state index contributed by atoms with van der Waals surface area (Å²) >= 11 is 0. The van der Waals surface area contributed by atoms with Crippen LogP contribution in [0.5, 0.6) is 23.0 Å². The number of fused-ring (bicyclic) bond motifs is 2. The molecule has 2 aliphatic rings. The molecule has 0 saturated carbocycles. The first-order valence-corrected chi connectivity index (χ1v) is 22.9. The van der Waals surface area contributed by atoms with Gasteiger partial charge in [-0.15, -0.1) is 0 Å². The van der Waals surface area contributed by atoms with Crippen LogP contribution in [0.25, 0.3) is 0 Å². The summed E-state index contributed by atoms with van der Waals surface area (Å²) in [6, 6.07) is 21.8. The van der Waals surface area contributed by atoms with Gasteiger partial charge in [0.05, 0.1) is 45.5 Å². The molecule has 0 saturated heterocycles. The summed E-state index contributed by atoms with van der Waals surface area (Å²) in [6.45, 7) is 8.21. The summed E-state index contributed by atoms with van der Waals surface area (Å²) in [5.74, 6) is 0.579. The van der Waals surface area contributed by atoms with Crippen molar-refractivity contribution >= 4 is 21.7 Å². The third-order valence-electron chi connectivity index (χ3n) is 11.8. The van der Waals surface area contributed by atoms with Gasteiger partial charge in [0, 0.05) is 22.3 Å². The van der Waals surface area contributed by atoms with Crippen molar-refractivity contribution in [2.24, 2.45) is 0 Å². The lowest BCUT2D eigenvalue weighted by Crippen LogP contribution is -2.32. The Morgan fingerprint density at radius 1 is 0.652 bits per heavy atom. The predicted octanol–water partition coefficient (Wildman–Crippen LogP) is 8.10. The Morgan fingerprint density at radius 3 is 1.56 bits per heavy atom. The molecule has 352 valence electrons. The molecule has 0 spiro atoms. The Labute approximate surface area is 384 Å². The molecule has 7 rings (SSSR count). The van der Waals surface area contributed by atoms with Crippen molar-refractivity contribution in [2.75, 3.05) is 14.2 Å². The normalized spacial score (nSPS) is 15.6. The molecule has 0 aliphatic carbocycles. The van der Waals surface area contributed by atoms with Gasteiger partial charge < -0.3 is 39.4 Å². The van der Waals surface area contributed by atoms with E-state index in [-0.39, 0.29) is 62.0 Å². The van der Waals surface area contributed by atoms with E-state index < -0.39 is 53.8 Å². The number of benzene rings is 5. The fourth-order valence-electron chi connectivity index (χ4n) is 7.97. The molecule has 2 unspecified atom stereocenters. The first-order chi connectivity index (χ1) is 31.3. The van der Waals surface area contributed by atoms with Crippen LogP contribution in [-0.2, 0) is 53.6 Å². The summed E-state index contributed by atoms with van der Waals surface area (Å²) in [5.41, 5.74) is 4.13. The van der Waals surface area contributed by atoms with E-state index in [0.717, 1.165) is 41.7 Å². The molecule has 4 N–H and O–H groups in total. The number of aliphatic hydroxyl groups excluding tert-OH is 4. The Kier molecular flexibility index (Phi) is 15.4. The zero-order valence-corrected chi connectivity index (χ0v) is 39.0. The van der Waals surface area contributed by atoms with Crippen molar-refractivity contribution in [3.8, 4) is 23.0 Å². The van der Waals surface area contributed by atoms with Crippen molar-refractivity contribution in [3.63, 3.8) is 0 Å². The minimum absolute atomic E-state index is 0.0817. The molecule has 2 atom stereocenters. The number of hydrogen-bond acceptors (Lipinski definition) is 13. The minimum Gasteiger partial charge on any atom is -0.496 e. The number of aryl methyl sites for hydroxylation is 3. The quantitative estimate of drug-likeness (QED) is 0.0582. The molecule has 2 heterocycles. The third kappa shape index (κ3) is 11.1. The molecular weight excluding hydrogens is 872 g/mol. The second-order valence-electron chi connectivity index (χ2n) is 17.6. The van der Waals surface area contributed by atoms with E-state index in [1.54, 1.807) is 48.5 Å². The molecule has 0 aromatic heterocycles. The second-order valence-corrected chi connectivity index (χ2v) is 19.1. The smallest absolute Gasteiger partial charge is 0.298 e. The van der Waals surface area contributed by atoms with Crippen LogP contribution >= 0.6 is 0 Å². The van der Waals surface area contributed by atoms with Gasteiger partial charge in [0.1, 0.15) is 34.2 Å². The first-order valence-electron chi connectivity index (χ1n) is 21.5. The molecule has 13 nitrogen and oxygen atoms in total. The first kappa shape index (κ1) is 49.7. The number of aliphatic hydroxyl groups is 4. The maximum Gasteiger partial charge on any atom is 0.298 e. The highest BCUT2D eigenvalue weighted by atomic mass is 32.2. The van der Waals surface area contributed by atoms with E-state index >= 15 is 4.39 Å². The van der Waals surface area contributed by atoms with E-state index in [0.29, 0.717) is 28.9 Å². The van der Waals surface area contributed by atoms with E-state index in [2.05, 4.69) is 0 Å². The fraction of sp³-hybridized carbons (Fsp3) is 0.373. The number of alkyl halides is 1. The monoisotopic (exact) mass is 928 g/mol. The number of rotatable bonds is 15. The summed E-state index contributed by atoms with van der Waals surface area (Å²) in [7, 11) is -1.59. The Hall–Kier alpha value is -5.68. The standard InChI is InChI=1S/C29H32O8S.C22H25FO5/c1-18-5-8-23(9-6-18)38(33,34)37-28(21-14-22(16-30)24(17-31)26(15-21)35-4)27(32)20-7-10-25-19(13-20)11-12-29(2,3)36-25;1-22(2)7-6-13-8-14(4-5-18(13)28-22)21(26)20(23)15-9-16(11-24)17(12-25)19(10-15)27-3/h5-10,13-15,28,30-31H,11-12,16-17H2,1-4H3;4-5,8-10,20,24-25H,6-7,11-12H2,1-3H3. The number of Topliss-reactive ketones (excluding diaryl/α,β-unsaturated/α-hetero) is 2. The van der Waals surface area contributed by atoms with E-state index in [4.69, 9.17) is 23.1 Å². The second kappa shape index (κ2) is 20.5. The molecular formula is C51H57FO13S. The number of halogens is 1. The van der Waals surface area contributed by atoms with Crippen molar-refractivity contribution in [2.45, 2.75) is 115 Å². The molecule has 5 aromatic carbocycles. The van der Waals surface area contributed by atoms with Gasteiger partial charge >= 0.3 is 0 Å². The van der Waals surface area contributed by atoms with Crippen LogP contribution in [0, 0.1) is 6.92 Å². The molecule has 0 radical (unpaired) electrons. The highest BCUT2D eigenvalue weighted by Gasteiger charge is 2.34. The zero-order chi connectivity index (χ0) is 48.1. The summed E-state index contributed by atoms with van der Waals surface area (Å²) in [5, 5.41) is 38.7. The van der Waals surface area contributed by atoms with Gasteiger partial charge in [-0.05, 0) is 166 Å². The number of carbonyl (C=O) groups is 2. The molecule has 0 amide bonds. The van der Waals surface area contributed by atoms with Crippen LogP contribution < -0.4 is 18.9 Å². The molecule has 66 heavy (non-hydrogen) atoms. The average Bonchev–Trinajstić information content (AvgIpc) is 3.30. The van der Waals surface area contributed by atoms with Crippen molar-refractivity contribution in [3.05, 3.63) is 146 Å². The fourth-order valence-corrected chi connectivity index (χ4v) is 9.00. The van der Waals surface area contributed by atoms with Crippen molar-refractivity contribution in [1.29, 1.82) is 0 Å². The van der Waals surface area contributed by atoms with E-state index in [1.807, 2.05) is 34.6 Å². The lowest BCUT2D eigenvalue weighted by molar-refractivity contribution is 0.0794. The topological polar surface area (TPSA) is 195 Å². The van der Waals surface area contributed by atoms with Gasteiger partial charge in [-0.3, -0.25) is 9.59 Å². The summed E-state index contributed by atoms with van der Waals surface area (Å²) < 4.78 is 69.7. The molecule has 2 aliphatic heterocycles. The molecule has 0 bridgehead atoms. The van der Waals surface area contributed by atoms with Crippen LogP contribution in [0.1, 0.15) is 124 Å². The van der Waals surface area contributed by atoms with Gasteiger partial charge in [-0.2, -0.15) is 8.42 Å². The molecule has 0 fully saturated rings. The largest absolute Gasteiger partial charge is 0.496 e. The maximum atomic E-state index is 15.1. The highest BCUT2D eigenvalue weighted by molar-refractivity contribution is 7.86. The number of ether oxygens (including phenoxy) is 4. The third-order valence-corrected chi connectivity index (χ3v) is 13.1. The van der Waals surface area contributed by atoms with Crippen LogP contribution in [0.15, 0.2) is 89.8 Å². The summed E-state index contributed by atoms with van der Waals surface area (Å²) in [6.07, 6.45) is -0.452. The van der Waals surface area contributed by atoms with Gasteiger partial charge in [0.2, 0.25) is 5.78 Å². The predicted molar refractivity (Wildman–Crippen MR) is 243 cm³/mol. The van der Waals surface area contributed by atoms with Crippen molar-refractivity contribution < 1.29 is 66.0 Å². The van der Waals surface area contributed by atoms with Crippen molar-refractivity contribution in [1.82, 2.24) is 0 Å². The van der Waals surface area contributed by atoms with Crippen LogP contribution in [0.3, 0.4) is 0 Å². The number of ketones is 2. The number of hydrogen-bond donors (Lipinski definition) is 4. The van der Waals surface area contributed by atoms with Gasteiger partial charge in [-0.1, -0.05) is 17.7 Å². The summed E-state index contributed by atoms with van der Waals surface area (Å²) in [4.78, 5) is 26.5. The molecule has 5 aromatic rings. The van der Waals surface area contributed by atoms with Crippen LogP contribution in [0.2, 0.25) is 0 Å². The average molecular weight is 929 g/mol. The number of methoxy groups -OCH3 is 2. The maximum absolute atomic E-state index is 15.1. The minimum atomic E-state index is -4.36. The van der Waals surface area contributed by atoms with E-state index in [1.165, 1.54) is 50.6 Å². The highest BCUT2D eigenvalue weighted by Crippen LogP contribution is 2.39. The lowest BCUT2D eigenvalue weighted by atomic mass is 9.91. The van der Waals surface area contributed by atoms with Gasteiger partial charge in [-0.25, -0.2) is 8.57 Å². The van der Waals surface area contributed by atoms with Crippen LogP contribution in [0.4, 0.5) is 4.39 Å². The zero-order valence-electron chi connectivity index (χ0n) is 38.1. The van der Waals surface area contributed by atoms with Crippen LogP contribution in [-0.4, -0.2) is 65.8 Å². The van der Waals surface area contributed by atoms with Gasteiger partial charge in [0.15, 0.2) is 18.1 Å². The Balaban J connectivity index is 0.000000229. The SMILES string of the molecule is COc1cc(C(F)C(=O)c2ccc3c(c2)CCC(C)(C)O3)cc(CO)c1CO.COc1cc(C(OS(=O)(=O)c2ccc(C)cc2)C(=O)c2ccc3c(c2)CCC(C)(C)O3)cc(CO)c1CO. The molecule has 15 heteroatoms. The van der Waals surface area contributed by atoms with Gasteiger partial charge in [0.25, 0.3) is 10.1 Å². The lowest BCUT2D eigenvalue weighted by Gasteiger charge is -2.32. The van der Waals surface area contributed by atoms with E-state index in [9.17, 15) is 38.4 Å². The number of carbonyl (C=O) groups excluding carboxylic acids is 2. The Morgan fingerprint density at radius 2 is 1.11 bits per heavy atom. The Bertz CT molecular complexity index is 2640.